The monoisotopic (exact) mass is 273 g/mol. The standard InChI is InChI=1S/C14H12ClN3O/c1-19-11-5-2-4-10(8-11)13-12(9-15)14-16-6-3-7-18(14)17-13/h2-8H,9H2,1H3. The van der Waals surface area contributed by atoms with E-state index in [2.05, 4.69) is 10.1 Å². The number of nitrogens with zero attached hydrogens (tertiary/aromatic N) is 3. The molecular weight excluding hydrogens is 262 g/mol. The minimum Gasteiger partial charge on any atom is -0.497 e. The summed E-state index contributed by atoms with van der Waals surface area (Å²) in [5, 5.41) is 4.54. The van der Waals surface area contributed by atoms with Gasteiger partial charge in [0.1, 0.15) is 5.75 Å². The van der Waals surface area contributed by atoms with Crippen LogP contribution in [0.1, 0.15) is 5.56 Å². The van der Waals surface area contributed by atoms with Gasteiger partial charge in [-0.15, -0.1) is 11.6 Å². The van der Waals surface area contributed by atoms with Gasteiger partial charge < -0.3 is 4.74 Å². The molecule has 0 N–H and O–H groups in total. The number of ether oxygens (including phenoxy) is 1. The van der Waals surface area contributed by atoms with Crippen molar-refractivity contribution in [1.82, 2.24) is 14.6 Å². The Morgan fingerprint density at radius 1 is 1.32 bits per heavy atom. The van der Waals surface area contributed by atoms with Crippen LogP contribution in [0.3, 0.4) is 0 Å². The summed E-state index contributed by atoms with van der Waals surface area (Å²) in [6, 6.07) is 9.60. The smallest absolute Gasteiger partial charge is 0.159 e. The van der Waals surface area contributed by atoms with E-state index in [1.165, 1.54) is 0 Å². The predicted molar refractivity (Wildman–Crippen MR) is 74.5 cm³/mol. The van der Waals surface area contributed by atoms with Gasteiger partial charge >= 0.3 is 0 Å². The van der Waals surface area contributed by atoms with Crippen LogP contribution in [0.25, 0.3) is 16.9 Å². The van der Waals surface area contributed by atoms with Crippen LogP contribution in [0.5, 0.6) is 5.75 Å². The van der Waals surface area contributed by atoms with E-state index < -0.39 is 0 Å². The summed E-state index contributed by atoms with van der Waals surface area (Å²) in [7, 11) is 1.65. The summed E-state index contributed by atoms with van der Waals surface area (Å²) in [5.41, 5.74) is 3.53. The molecule has 0 saturated heterocycles. The lowest BCUT2D eigenvalue weighted by Crippen LogP contribution is -1.87. The number of fused-ring (bicyclic) bond motifs is 1. The third-order valence-corrected chi connectivity index (χ3v) is 3.23. The van der Waals surface area contributed by atoms with Gasteiger partial charge in [0.05, 0.1) is 18.7 Å². The molecule has 0 aliphatic carbocycles. The van der Waals surface area contributed by atoms with Crippen LogP contribution in [-0.4, -0.2) is 21.7 Å². The Morgan fingerprint density at radius 3 is 3.00 bits per heavy atom. The number of halogens is 1. The topological polar surface area (TPSA) is 39.4 Å². The van der Waals surface area contributed by atoms with Crippen LogP contribution >= 0.6 is 11.6 Å². The number of aromatic nitrogens is 3. The maximum Gasteiger partial charge on any atom is 0.159 e. The van der Waals surface area contributed by atoms with Gasteiger partial charge in [0.2, 0.25) is 0 Å². The highest BCUT2D eigenvalue weighted by molar-refractivity contribution is 6.18. The summed E-state index contributed by atoms with van der Waals surface area (Å²) in [6.07, 6.45) is 3.60. The molecule has 0 spiro atoms. The summed E-state index contributed by atoms with van der Waals surface area (Å²) < 4.78 is 6.98. The van der Waals surface area contributed by atoms with E-state index in [9.17, 15) is 0 Å². The fourth-order valence-electron chi connectivity index (χ4n) is 2.06. The number of benzene rings is 1. The molecule has 19 heavy (non-hydrogen) atoms. The zero-order valence-corrected chi connectivity index (χ0v) is 11.1. The molecular formula is C14H12ClN3O. The van der Waals surface area contributed by atoms with Crippen LogP contribution in [-0.2, 0) is 5.88 Å². The van der Waals surface area contributed by atoms with Gasteiger partial charge in [-0.1, -0.05) is 12.1 Å². The molecule has 0 amide bonds. The Morgan fingerprint density at radius 2 is 2.21 bits per heavy atom. The van der Waals surface area contributed by atoms with E-state index in [-0.39, 0.29) is 0 Å². The molecule has 3 aromatic rings. The summed E-state index contributed by atoms with van der Waals surface area (Å²) in [6.45, 7) is 0. The van der Waals surface area contributed by atoms with E-state index >= 15 is 0 Å². The average Bonchev–Trinajstić information content (AvgIpc) is 2.86. The molecule has 1 aromatic carbocycles. The van der Waals surface area contributed by atoms with Crippen LogP contribution in [0, 0.1) is 0 Å². The van der Waals surface area contributed by atoms with E-state index in [0.29, 0.717) is 5.88 Å². The van der Waals surface area contributed by atoms with Gasteiger partial charge in [-0.25, -0.2) is 9.50 Å². The maximum atomic E-state index is 6.05. The molecule has 0 unspecified atom stereocenters. The largest absolute Gasteiger partial charge is 0.497 e. The van der Waals surface area contributed by atoms with Gasteiger partial charge in [0.25, 0.3) is 0 Å². The van der Waals surface area contributed by atoms with Crippen molar-refractivity contribution in [3.05, 3.63) is 48.3 Å². The van der Waals surface area contributed by atoms with Crippen molar-refractivity contribution in [2.24, 2.45) is 0 Å². The third-order valence-electron chi connectivity index (χ3n) is 2.97. The zero-order chi connectivity index (χ0) is 13.2. The normalized spacial score (nSPS) is 10.8. The van der Waals surface area contributed by atoms with E-state index in [1.807, 2.05) is 36.5 Å². The molecule has 2 heterocycles. The molecule has 0 aliphatic heterocycles. The van der Waals surface area contributed by atoms with Crippen molar-refractivity contribution in [3.63, 3.8) is 0 Å². The molecule has 5 heteroatoms. The van der Waals surface area contributed by atoms with Crippen LogP contribution in [0.4, 0.5) is 0 Å². The zero-order valence-electron chi connectivity index (χ0n) is 10.4. The second-order valence-corrected chi connectivity index (χ2v) is 4.35. The maximum absolute atomic E-state index is 6.05. The number of alkyl halides is 1. The number of rotatable bonds is 3. The Bertz CT molecular complexity index is 724. The van der Waals surface area contributed by atoms with Crippen molar-refractivity contribution < 1.29 is 4.74 Å². The number of hydrogen-bond acceptors (Lipinski definition) is 3. The summed E-state index contributed by atoms with van der Waals surface area (Å²) in [5.74, 6) is 1.16. The molecule has 0 fully saturated rings. The molecule has 0 aliphatic rings. The molecule has 3 rings (SSSR count). The second-order valence-electron chi connectivity index (χ2n) is 4.08. The third kappa shape index (κ3) is 2.04. The Kier molecular flexibility index (Phi) is 3.09. The summed E-state index contributed by atoms with van der Waals surface area (Å²) >= 11 is 6.05. The molecule has 2 aromatic heterocycles. The molecule has 4 nitrogen and oxygen atoms in total. The highest BCUT2D eigenvalue weighted by atomic mass is 35.5. The average molecular weight is 274 g/mol. The van der Waals surface area contributed by atoms with Crippen molar-refractivity contribution in [1.29, 1.82) is 0 Å². The van der Waals surface area contributed by atoms with Crippen molar-refractivity contribution in [2.75, 3.05) is 7.11 Å². The SMILES string of the molecule is COc1cccc(-c2nn3cccnc3c2CCl)c1. The van der Waals surface area contributed by atoms with Crippen LogP contribution in [0.15, 0.2) is 42.7 Å². The van der Waals surface area contributed by atoms with Gasteiger partial charge in [0, 0.05) is 23.5 Å². The number of hydrogen-bond donors (Lipinski definition) is 0. The minimum absolute atomic E-state index is 0.368. The highest BCUT2D eigenvalue weighted by Gasteiger charge is 2.14. The van der Waals surface area contributed by atoms with Crippen LogP contribution in [0.2, 0.25) is 0 Å². The lowest BCUT2D eigenvalue weighted by molar-refractivity contribution is 0.415. The lowest BCUT2D eigenvalue weighted by Gasteiger charge is -2.03. The minimum atomic E-state index is 0.368. The van der Waals surface area contributed by atoms with Gasteiger partial charge in [-0.2, -0.15) is 5.10 Å². The molecule has 96 valence electrons. The fourth-order valence-corrected chi connectivity index (χ4v) is 2.31. The molecule has 0 bridgehead atoms. The highest BCUT2D eigenvalue weighted by Crippen LogP contribution is 2.28. The summed E-state index contributed by atoms with van der Waals surface area (Å²) in [4.78, 5) is 4.33. The van der Waals surface area contributed by atoms with E-state index in [0.717, 1.165) is 28.2 Å². The van der Waals surface area contributed by atoms with Gasteiger partial charge in [-0.05, 0) is 18.2 Å². The fraction of sp³-hybridized carbons (Fsp3) is 0.143. The number of methoxy groups -OCH3 is 1. The first kappa shape index (κ1) is 12.0. The van der Waals surface area contributed by atoms with Gasteiger partial charge in [0.15, 0.2) is 5.65 Å². The first-order valence-corrected chi connectivity index (χ1v) is 6.39. The Hall–Kier alpha value is -2.07. The van der Waals surface area contributed by atoms with Crippen molar-refractivity contribution in [2.45, 2.75) is 5.88 Å². The first-order valence-electron chi connectivity index (χ1n) is 5.86. The lowest BCUT2D eigenvalue weighted by atomic mass is 10.1. The van der Waals surface area contributed by atoms with Crippen LogP contribution < -0.4 is 4.74 Å². The molecule has 0 radical (unpaired) electrons. The van der Waals surface area contributed by atoms with E-state index in [1.54, 1.807) is 17.8 Å². The molecule has 0 saturated carbocycles. The van der Waals surface area contributed by atoms with Crippen molar-refractivity contribution in [3.8, 4) is 17.0 Å². The molecule has 0 atom stereocenters. The van der Waals surface area contributed by atoms with E-state index in [4.69, 9.17) is 16.3 Å². The predicted octanol–water partition coefficient (Wildman–Crippen LogP) is 3.14. The van der Waals surface area contributed by atoms with Gasteiger partial charge in [-0.3, -0.25) is 0 Å². The second kappa shape index (κ2) is 4.90. The Balaban J connectivity index is 2.23. The quantitative estimate of drug-likeness (QED) is 0.688. The Labute approximate surface area is 115 Å². The van der Waals surface area contributed by atoms with Crippen molar-refractivity contribution >= 4 is 17.2 Å². The first-order chi connectivity index (χ1) is 9.33.